The van der Waals surface area contributed by atoms with Crippen molar-refractivity contribution in [3.05, 3.63) is 0 Å². The topological polar surface area (TPSA) is 51.5 Å². The van der Waals surface area contributed by atoms with E-state index in [2.05, 4.69) is 6.07 Å². The van der Waals surface area contributed by atoms with Gasteiger partial charge in [0.05, 0.1) is 6.07 Å². The van der Waals surface area contributed by atoms with Crippen LogP contribution in [0.2, 0.25) is 6.04 Å². The third-order valence-corrected chi connectivity index (χ3v) is 5.96. The Hall–Kier alpha value is -0.0631. The first-order valence-electron chi connectivity index (χ1n) is 4.85. The van der Waals surface area contributed by atoms with Crippen molar-refractivity contribution in [1.29, 1.82) is 5.26 Å². The minimum atomic E-state index is -2.36. The van der Waals surface area contributed by atoms with Gasteiger partial charge in [0.1, 0.15) is 0 Å². The lowest BCUT2D eigenvalue weighted by atomic mass is 10.6. The zero-order valence-corrected chi connectivity index (χ0v) is 11.4. The van der Waals surface area contributed by atoms with Crippen molar-refractivity contribution in [2.75, 3.05) is 32.8 Å². The average Bonchev–Trinajstić information content (AvgIpc) is 2.29. The van der Waals surface area contributed by atoms with Crippen molar-refractivity contribution >= 4 is 20.6 Å². The fourth-order valence-electron chi connectivity index (χ4n) is 1.17. The molecule has 0 aliphatic rings. The van der Waals surface area contributed by atoms with E-state index in [0.717, 1.165) is 24.0 Å². The number of nitriles is 1. The molecule has 0 aromatic heterocycles. The molecule has 0 amide bonds. The molecule has 0 atom stereocenters. The first-order chi connectivity index (χ1) is 7.24. The van der Waals surface area contributed by atoms with Crippen molar-refractivity contribution in [1.82, 2.24) is 0 Å². The maximum Gasteiger partial charge on any atom is 0.500 e. The summed E-state index contributed by atoms with van der Waals surface area (Å²) in [6, 6.07) is 2.95. The standard InChI is InChI=1S/C9H19NO3SSi/c1-11-15(12-2,13-3)9-5-8-14-7-4-6-10/h4-5,7-9H2,1-3H3. The van der Waals surface area contributed by atoms with Crippen LogP contribution in [0.3, 0.4) is 0 Å². The van der Waals surface area contributed by atoms with E-state index in [4.69, 9.17) is 18.5 Å². The van der Waals surface area contributed by atoms with E-state index >= 15 is 0 Å². The van der Waals surface area contributed by atoms with E-state index in [1.807, 2.05) is 0 Å². The zero-order valence-electron chi connectivity index (χ0n) is 9.62. The van der Waals surface area contributed by atoms with Crippen LogP contribution >= 0.6 is 11.8 Å². The van der Waals surface area contributed by atoms with Crippen molar-refractivity contribution in [3.63, 3.8) is 0 Å². The molecule has 0 saturated carbocycles. The molecule has 0 N–H and O–H groups in total. The first kappa shape index (κ1) is 14.9. The molecule has 0 radical (unpaired) electrons. The minimum Gasteiger partial charge on any atom is -0.377 e. The van der Waals surface area contributed by atoms with Gasteiger partial charge >= 0.3 is 8.80 Å². The van der Waals surface area contributed by atoms with Gasteiger partial charge in [-0.3, -0.25) is 0 Å². The Kier molecular flexibility index (Phi) is 9.15. The van der Waals surface area contributed by atoms with Gasteiger partial charge in [-0.1, -0.05) is 0 Å². The highest BCUT2D eigenvalue weighted by molar-refractivity contribution is 7.99. The average molecular weight is 249 g/mol. The summed E-state index contributed by atoms with van der Waals surface area (Å²) >= 11 is 1.78. The summed E-state index contributed by atoms with van der Waals surface area (Å²) in [5.74, 6) is 1.92. The summed E-state index contributed by atoms with van der Waals surface area (Å²) in [5.41, 5.74) is 0. The lowest BCUT2D eigenvalue weighted by molar-refractivity contribution is 0.123. The molecule has 88 valence electrons. The monoisotopic (exact) mass is 249 g/mol. The van der Waals surface area contributed by atoms with Crippen LogP contribution in [0.1, 0.15) is 12.8 Å². The molecule has 0 saturated heterocycles. The lowest BCUT2D eigenvalue weighted by Gasteiger charge is -2.24. The normalized spacial score (nSPS) is 11.3. The Bertz CT molecular complexity index is 186. The molecule has 6 heteroatoms. The quantitative estimate of drug-likeness (QED) is 0.461. The van der Waals surface area contributed by atoms with Crippen molar-refractivity contribution in [3.8, 4) is 6.07 Å². The Morgan fingerprint density at radius 2 is 1.73 bits per heavy atom. The van der Waals surface area contributed by atoms with Gasteiger partial charge in [0, 0.05) is 39.5 Å². The predicted octanol–water partition coefficient (Wildman–Crippen LogP) is 1.90. The smallest absolute Gasteiger partial charge is 0.377 e. The van der Waals surface area contributed by atoms with Crippen LogP contribution in [0, 0.1) is 11.3 Å². The molecule has 0 aromatic carbocycles. The van der Waals surface area contributed by atoms with Gasteiger partial charge in [0.2, 0.25) is 0 Å². The van der Waals surface area contributed by atoms with E-state index in [1.54, 1.807) is 33.1 Å². The third kappa shape index (κ3) is 6.17. The summed E-state index contributed by atoms with van der Waals surface area (Å²) < 4.78 is 15.9. The Balaban J connectivity index is 3.59. The fourth-order valence-corrected chi connectivity index (χ4v) is 3.93. The van der Waals surface area contributed by atoms with Crippen LogP contribution in [0.4, 0.5) is 0 Å². The van der Waals surface area contributed by atoms with E-state index in [-0.39, 0.29) is 0 Å². The Morgan fingerprint density at radius 3 is 2.20 bits per heavy atom. The van der Waals surface area contributed by atoms with Crippen molar-refractivity contribution in [2.24, 2.45) is 0 Å². The summed E-state index contributed by atoms with van der Waals surface area (Å²) in [4.78, 5) is 0. The number of thioether (sulfide) groups is 1. The molecule has 4 nitrogen and oxygen atoms in total. The summed E-state index contributed by atoms with van der Waals surface area (Å²) in [6.07, 6.45) is 1.61. The highest BCUT2D eigenvalue weighted by Gasteiger charge is 2.36. The van der Waals surface area contributed by atoms with E-state index in [1.165, 1.54) is 0 Å². The van der Waals surface area contributed by atoms with Crippen LogP contribution in [-0.4, -0.2) is 41.6 Å². The molecule has 0 heterocycles. The van der Waals surface area contributed by atoms with Gasteiger partial charge in [-0.25, -0.2) is 0 Å². The SMILES string of the molecule is CO[Si](CCCSCCC#N)(OC)OC. The number of rotatable bonds is 9. The summed E-state index contributed by atoms with van der Waals surface area (Å²) in [5, 5.41) is 8.35. The van der Waals surface area contributed by atoms with Crippen molar-refractivity contribution < 1.29 is 13.3 Å². The van der Waals surface area contributed by atoms with Gasteiger partial charge in [-0.05, 0) is 12.2 Å². The number of nitrogens with zero attached hydrogens (tertiary/aromatic N) is 1. The highest BCUT2D eigenvalue weighted by atomic mass is 32.2. The van der Waals surface area contributed by atoms with Crippen LogP contribution in [-0.2, 0) is 13.3 Å². The summed E-state index contributed by atoms with van der Waals surface area (Å²) in [6.45, 7) is 0. The van der Waals surface area contributed by atoms with Gasteiger partial charge in [-0.2, -0.15) is 17.0 Å². The number of hydrogen-bond donors (Lipinski definition) is 0. The van der Waals surface area contributed by atoms with E-state index < -0.39 is 8.80 Å². The van der Waals surface area contributed by atoms with Gasteiger partial charge in [-0.15, -0.1) is 0 Å². The molecule has 0 fully saturated rings. The molecule has 0 bridgehead atoms. The molecule has 0 rings (SSSR count). The molecule has 0 aliphatic heterocycles. The minimum absolute atomic E-state index is 0.617. The molecule has 0 spiro atoms. The van der Waals surface area contributed by atoms with Crippen LogP contribution in [0.25, 0.3) is 0 Å². The Labute approximate surface area is 97.3 Å². The van der Waals surface area contributed by atoms with E-state index in [9.17, 15) is 0 Å². The number of hydrogen-bond acceptors (Lipinski definition) is 5. The second-order valence-corrected chi connectivity index (χ2v) is 7.23. The second kappa shape index (κ2) is 9.18. The molecule has 0 aliphatic carbocycles. The van der Waals surface area contributed by atoms with Crippen molar-refractivity contribution in [2.45, 2.75) is 18.9 Å². The predicted molar refractivity (Wildman–Crippen MR) is 63.8 cm³/mol. The zero-order chi connectivity index (χ0) is 11.6. The maximum atomic E-state index is 8.35. The van der Waals surface area contributed by atoms with Gasteiger partial charge in [0.15, 0.2) is 0 Å². The van der Waals surface area contributed by atoms with Gasteiger partial charge in [0.25, 0.3) is 0 Å². The molecular weight excluding hydrogens is 230 g/mol. The van der Waals surface area contributed by atoms with Crippen LogP contribution in [0.5, 0.6) is 0 Å². The fraction of sp³-hybridized carbons (Fsp3) is 0.889. The lowest BCUT2D eigenvalue weighted by Crippen LogP contribution is -2.42. The van der Waals surface area contributed by atoms with Crippen LogP contribution in [0.15, 0.2) is 0 Å². The van der Waals surface area contributed by atoms with Crippen LogP contribution < -0.4 is 0 Å². The second-order valence-electron chi connectivity index (χ2n) is 2.92. The molecular formula is C9H19NO3SSi. The van der Waals surface area contributed by atoms with E-state index in [0.29, 0.717) is 6.42 Å². The van der Waals surface area contributed by atoms with Gasteiger partial charge < -0.3 is 13.3 Å². The Morgan fingerprint density at radius 1 is 1.13 bits per heavy atom. The summed E-state index contributed by atoms with van der Waals surface area (Å²) in [7, 11) is 2.52. The largest absolute Gasteiger partial charge is 0.500 e. The molecule has 0 aromatic rings. The maximum absolute atomic E-state index is 8.35. The first-order valence-corrected chi connectivity index (χ1v) is 7.93. The molecule has 0 unspecified atom stereocenters. The molecule has 15 heavy (non-hydrogen) atoms. The highest BCUT2D eigenvalue weighted by Crippen LogP contribution is 2.17. The third-order valence-electron chi connectivity index (χ3n) is 2.06.